The van der Waals surface area contributed by atoms with E-state index in [2.05, 4.69) is 17.6 Å². The second-order valence-electron chi connectivity index (χ2n) is 6.50. The van der Waals surface area contributed by atoms with Crippen LogP contribution in [-0.2, 0) is 14.3 Å². The molecule has 1 heterocycles. The number of hydrogen-bond acceptors (Lipinski definition) is 6. The number of carbonyl (C=O) groups excluding carboxylic acids is 2. The smallest absolute Gasteiger partial charge is 0.309 e. The van der Waals surface area contributed by atoms with Gasteiger partial charge in [0.15, 0.2) is 5.11 Å². The molecule has 2 rings (SSSR count). The van der Waals surface area contributed by atoms with E-state index in [0.29, 0.717) is 12.1 Å². The summed E-state index contributed by atoms with van der Waals surface area (Å²) < 4.78 is 5.33. The molecule has 1 aromatic carbocycles. The van der Waals surface area contributed by atoms with Gasteiger partial charge in [-0.2, -0.15) is 0 Å². The van der Waals surface area contributed by atoms with Gasteiger partial charge < -0.3 is 15.4 Å². The number of thiocarbonyl (C=S) groups is 1. The summed E-state index contributed by atoms with van der Waals surface area (Å²) in [6, 6.07) is 5.65. The molecule has 0 saturated carbocycles. The molecule has 0 bridgehead atoms. The lowest BCUT2D eigenvalue weighted by Crippen LogP contribution is -2.35. The van der Waals surface area contributed by atoms with Crippen LogP contribution >= 0.6 is 12.2 Å². The van der Waals surface area contributed by atoms with Crippen molar-refractivity contribution in [1.29, 1.82) is 0 Å². The van der Waals surface area contributed by atoms with Gasteiger partial charge in [0.05, 0.1) is 10.8 Å². The van der Waals surface area contributed by atoms with Crippen LogP contribution in [-0.4, -0.2) is 28.0 Å². The average Bonchev–Trinajstić information content (AvgIpc) is 2.94. The maximum Gasteiger partial charge on any atom is 0.309 e. The van der Waals surface area contributed by atoms with E-state index >= 15 is 0 Å². The second kappa shape index (κ2) is 9.96. The number of nitrogens with zero attached hydrogens (tertiary/aromatic N) is 1. The number of rotatable bonds is 8. The Balaban J connectivity index is 1.77. The predicted molar refractivity (Wildman–Crippen MR) is 104 cm³/mol. The number of nitro benzene ring substituents is 1. The second-order valence-corrected chi connectivity index (χ2v) is 6.91. The van der Waals surface area contributed by atoms with E-state index in [1.807, 2.05) is 0 Å². The van der Waals surface area contributed by atoms with E-state index in [-0.39, 0.29) is 35.2 Å². The molecule has 1 aliphatic rings. The van der Waals surface area contributed by atoms with Gasteiger partial charge in [-0.1, -0.05) is 19.8 Å². The first-order chi connectivity index (χ1) is 12.9. The Morgan fingerprint density at radius 3 is 2.67 bits per heavy atom. The third kappa shape index (κ3) is 6.59. The molecule has 0 aliphatic carbocycles. The number of carbonyl (C=O) groups is 2. The first-order valence-electron chi connectivity index (χ1n) is 8.94. The molecule has 2 N–H and O–H groups in total. The zero-order chi connectivity index (χ0) is 19.8. The summed E-state index contributed by atoms with van der Waals surface area (Å²) in [6.07, 6.45) is 4.51. The summed E-state index contributed by atoms with van der Waals surface area (Å²) >= 11 is 5.07. The Morgan fingerprint density at radius 1 is 1.33 bits per heavy atom. The van der Waals surface area contributed by atoms with Crippen LogP contribution in [0.3, 0.4) is 0 Å². The predicted octanol–water partition coefficient (Wildman–Crippen LogP) is 3.31. The van der Waals surface area contributed by atoms with E-state index < -0.39 is 10.8 Å². The largest absolute Gasteiger partial charge is 0.462 e. The summed E-state index contributed by atoms with van der Waals surface area (Å²) in [5, 5.41) is 16.0. The van der Waals surface area contributed by atoms with Crippen molar-refractivity contribution < 1.29 is 19.2 Å². The molecule has 1 amide bonds. The van der Waals surface area contributed by atoms with Crippen LogP contribution in [0, 0.1) is 16.0 Å². The lowest BCUT2D eigenvalue weighted by molar-refractivity contribution is -0.384. The fourth-order valence-corrected chi connectivity index (χ4v) is 3.15. The molecule has 0 unspecified atom stereocenters. The summed E-state index contributed by atoms with van der Waals surface area (Å²) in [4.78, 5) is 34.2. The van der Waals surface area contributed by atoms with Crippen molar-refractivity contribution in [2.75, 3.05) is 5.32 Å². The first-order valence-corrected chi connectivity index (χ1v) is 9.35. The van der Waals surface area contributed by atoms with Gasteiger partial charge in [0, 0.05) is 24.2 Å². The number of unbranched alkanes of at least 4 members (excludes halogenated alkanes) is 2. The molecular weight excluding hydrogens is 370 g/mol. The maximum atomic E-state index is 12.1. The summed E-state index contributed by atoms with van der Waals surface area (Å²) in [6.45, 7) is 2.11. The molecule has 9 heteroatoms. The van der Waals surface area contributed by atoms with Crippen molar-refractivity contribution in [2.24, 2.45) is 5.92 Å². The van der Waals surface area contributed by atoms with Gasteiger partial charge >= 0.3 is 5.97 Å². The van der Waals surface area contributed by atoms with Gasteiger partial charge in [-0.25, -0.2) is 0 Å². The van der Waals surface area contributed by atoms with Crippen molar-refractivity contribution in [3.05, 3.63) is 34.4 Å². The van der Waals surface area contributed by atoms with E-state index in [9.17, 15) is 19.7 Å². The molecule has 8 nitrogen and oxygen atoms in total. The van der Waals surface area contributed by atoms with Gasteiger partial charge in [0.2, 0.25) is 5.91 Å². The van der Waals surface area contributed by atoms with Crippen LogP contribution in [0.5, 0.6) is 0 Å². The van der Waals surface area contributed by atoms with Crippen molar-refractivity contribution in [3.63, 3.8) is 0 Å². The normalized spacial score (nSPS) is 18.6. The molecule has 1 aliphatic heterocycles. The number of nitrogens with one attached hydrogen (secondary N) is 2. The van der Waals surface area contributed by atoms with Crippen LogP contribution in [0.25, 0.3) is 0 Å². The highest BCUT2D eigenvalue weighted by molar-refractivity contribution is 7.80. The Morgan fingerprint density at radius 2 is 2.04 bits per heavy atom. The Kier molecular flexibility index (Phi) is 7.66. The van der Waals surface area contributed by atoms with E-state index in [1.165, 1.54) is 24.3 Å². The number of benzene rings is 1. The van der Waals surface area contributed by atoms with Gasteiger partial charge in [-0.3, -0.25) is 19.7 Å². The molecule has 1 saturated heterocycles. The first kappa shape index (κ1) is 20.8. The molecule has 1 aromatic rings. The van der Waals surface area contributed by atoms with Crippen LogP contribution in [0.2, 0.25) is 0 Å². The van der Waals surface area contributed by atoms with Crippen molar-refractivity contribution in [3.8, 4) is 0 Å². The summed E-state index contributed by atoms with van der Waals surface area (Å²) in [5.41, 5.74) is 0.478. The zero-order valence-corrected chi connectivity index (χ0v) is 15.9. The topological polar surface area (TPSA) is 111 Å². The molecule has 2 atom stereocenters. The highest BCUT2D eigenvalue weighted by Crippen LogP contribution is 2.27. The minimum absolute atomic E-state index is 0.0190. The van der Waals surface area contributed by atoms with Crippen LogP contribution in [0.4, 0.5) is 11.4 Å². The van der Waals surface area contributed by atoms with Crippen LogP contribution in [0.15, 0.2) is 24.3 Å². The van der Waals surface area contributed by atoms with E-state index in [4.69, 9.17) is 17.0 Å². The highest BCUT2D eigenvalue weighted by Gasteiger charge is 2.35. The van der Waals surface area contributed by atoms with Crippen molar-refractivity contribution in [1.82, 2.24) is 5.32 Å². The molecule has 1 fully saturated rings. The number of hydrogen-bond donors (Lipinski definition) is 2. The Hall–Kier alpha value is -2.55. The minimum Gasteiger partial charge on any atom is -0.462 e. The van der Waals surface area contributed by atoms with E-state index in [1.54, 1.807) is 0 Å². The SMILES string of the molecule is CCCCC[C@@H]1C[C@H](CC(=O)NC(=S)Nc2ccc([N+](=O)[O-])cc2)C(=O)O1. The van der Waals surface area contributed by atoms with Crippen LogP contribution in [0.1, 0.15) is 45.4 Å². The number of esters is 1. The standard InChI is InChI=1S/C18H23N3O5S/c1-2-3-4-5-15-10-12(17(23)26-15)11-16(22)20-18(27)19-13-6-8-14(9-7-13)21(24)25/h6-9,12,15H,2-5,10-11H2,1H3,(H2,19,20,22,27)/t12-,15-/m1/s1. The highest BCUT2D eigenvalue weighted by atomic mass is 32.1. The summed E-state index contributed by atoms with van der Waals surface area (Å²) in [7, 11) is 0. The third-order valence-electron chi connectivity index (χ3n) is 4.31. The fraction of sp³-hybridized carbons (Fsp3) is 0.500. The fourth-order valence-electron chi connectivity index (χ4n) is 2.92. The summed E-state index contributed by atoms with van der Waals surface area (Å²) in [5.74, 6) is -1.15. The number of cyclic esters (lactones) is 1. The number of anilines is 1. The lowest BCUT2D eigenvalue weighted by Gasteiger charge is -2.10. The monoisotopic (exact) mass is 393 g/mol. The van der Waals surface area contributed by atoms with Gasteiger partial charge in [-0.15, -0.1) is 0 Å². The Labute approximate surface area is 162 Å². The van der Waals surface area contributed by atoms with Gasteiger partial charge in [0.1, 0.15) is 6.10 Å². The molecule has 0 spiro atoms. The minimum atomic E-state index is -0.500. The van der Waals surface area contributed by atoms with Crippen molar-refractivity contribution in [2.45, 2.75) is 51.6 Å². The molecule has 146 valence electrons. The number of amides is 1. The third-order valence-corrected chi connectivity index (χ3v) is 4.52. The Bertz CT molecular complexity index is 707. The molecular formula is C18H23N3O5S. The molecule has 27 heavy (non-hydrogen) atoms. The lowest BCUT2D eigenvalue weighted by atomic mass is 9.98. The van der Waals surface area contributed by atoms with Crippen LogP contribution < -0.4 is 10.6 Å². The number of nitro groups is 1. The maximum absolute atomic E-state index is 12.1. The van der Waals surface area contributed by atoms with Crippen molar-refractivity contribution >= 4 is 40.6 Å². The zero-order valence-electron chi connectivity index (χ0n) is 15.1. The number of ether oxygens (including phenoxy) is 1. The van der Waals surface area contributed by atoms with Gasteiger partial charge in [0.25, 0.3) is 5.69 Å². The average molecular weight is 393 g/mol. The molecule has 0 aromatic heterocycles. The quantitative estimate of drug-likeness (QED) is 0.229. The molecule has 0 radical (unpaired) electrons. The van der Waals surface area contributed by atoms with E-state index in [0.717, 1.165) is 25.7 Å². The van der Waals surface area contributed by atoms with Gasteiger partial charge in [-0.05, 0) is 43.6 Å². The number of non-ortho nitro benzene ring substituents is 1.